The Balaban J connectivity index is 2.16. The summed E-state index contributed by atoms with van der Waals surface area (Å²) < 4.78 is 29.1. The average Bonchev–Trinajstić information content (AvgIpc) is 2.56. The molecule has 0 saturated carbocycles. The maximum Gasteiger partial charge on any atom is 0.279 e. The minimum absolute atomic E-state index is 0.0894. The van der Waals surface area contributed by atoms with Crippen molar-refractivity contribution < 1.29 is 13.6 Å². The fourth-order valence-electron chi connectivity index (χ4n) is 2.91. The quantitative estimate of drug-likeness (QED) is 0.668. The van der Waals surface area contributed by atoms with E-state index in [0.29, 0.717) is 11.0 Å². The van der Waals surface area contributed by atoms with Gasteiger partial charge in [0.15, 0.2) is 5.16 Å². The molecule has 1 aliphatic heterocycles. The van der Waals surface area contributed by atoms with Crippen molar-refractivity contribution in [1.82, 2.24) is 9.55 Å². The summed E-state index contributed by atoms with van der Waals surface area (Å²) in [6.45, 7) is 2.01. The monoisotopic (exact) mass is 365 g/mol. The van der Waals surface area contributed by atoms with Gasteiger partial charge in [0, 0.05) is 31.2 Å². The SMILES string of the molecule is CCCSc1nc(=O)c2c(n1C)NC(=O)CC2c1ccc(F)cc1F. The highest BCUT2D eigenvalue weighted by molar-refractivity contribution is 7.99. The lowest BCUT2D eigenvalue weighted by Gasteiger charge is -2.27. The van der Waals surface area contributed by atoms with E-state index in [9.17, 15) is 18.4 Å². The predicted molar refractivity (Wildman–Crippen MR) is 91.9 cm³/mol. The van der Waals surface area contributed by atoms with Crippen molar-refractivity contribution in [3.05, 3.63) is 51.3 Å². The molecule has 2 aromatic rings. The number of rotatable bonds is 4. The molecule has 1 aromatic heterocycles. The molecule has 0 spiro atoms. The molecule has 1 aliphatic rings. The normalized spacial score (nSPS) is 16.5. The van der Waals surface area contributed by atoms with Crippen LogP contribution in [-0.4, -0.2) is 21.2 Å². The number of aromatic nitrogens is 2. The lowest BCUT2D eigenvalue weighted by Crippen LogP contribution is -2.33. The molecular weight excluding hydrogens is 348 g/mol. The number of halogens is 2. The third-order valence-electron chi connectivity index (χ3n) is 4.07. The van der Waals surface area contributed by atoms with Crippen molar-refractivity contribution in [2.75, 3.05) is 11.1 Å². The van der Waals surface area contributed by atoms with Crippen LogP contribution in [0.15, 0.2) is 28.2 Å². The number of fused-ring (bicyclic) bond motifs is 1. The number of nitrogens with zero attached hydrogens (tertiary/aromatic N) is 2. The van der Waals surface area contributed by atoms with Gasteiger partial charge in [-0.05, 0) is 18.1 Å². The van der Waals surface area contributed by atoms with E-state index in [4.69, 9.17) is 0 Å². The summed E-state index contributed by atoms with van der Waals surface area (Å²) in [5, 5.41) is 3.18. The molecule has 0 radical (unpaired) electrons. The molecule has 132 valence electrons. The molecule has 1 aromatic carbocycles. The van der Waals surface area contributed by atoms with Crippen LogP contribution < -0.4 is 10.9 Å². The Kier molecular flexibility index (Phi) is 4.89. The van der Waals surface area contributed by atoms with Crippen LogP contribution in [0.1, 0.15) is 36.8 Å². The van der Waals surface area contributed by atoms with E-state index in [1.54, 1.807) is 11.6 Å². The second kappa shape index (κ2) is 6.95. The number of carbonyl (C=O) groups excluding carboxylic acids is 1. The van der Waals surface area contributed by atoms with Crippen LogP contribution in [0.5, 0.6) is 0 Å². The van der Waals surface area contributed by atoms with Gasteiger partial charge in [-0.1, -0.05) is 24.8 Å². The summed E-state index contributed by atoms with van der Waals surface area (Å²) in [6.07, 6.45) is 0.821. The summed E-state index contributed by atoms with van der Waals surface area (Å²) in [7, 11) is 1.70. The highest BCUT2D eigenvalue weighted by Crippen LogP contribution is 2.36. The van der Waals surface area contributed by atoms with Gasteiger partial charge < -0.3 is 9.88 Å². The molecule has 8 heteroatoms. The molecule has 25 heavy (non-hydrogen) atoms. The van der Waals surface area contributed by atoms with E-state index in [1.807, 2.05) is 6.92 Å². The third-order valence-corrected chi connectivity index (χ3v) is 5.31. The number of benzene rings is 1. The summed E-state index contributed by atoms with van der Waals surface area (Å²) >= 11 is 1.41. The number of hydrogen-bond donors (Lipinski definition) is 1. The Bertz CT molecular complexity index is 898. The maximum absolute atomic E-state index is 14.2. The minimum atomic E-state index is -0.791. The molecular formula is C17H17F2N3O2S. The molecule has 5 nitrogen and oxygen atoms in total. The largest absolute Gasteiger partial charge is 0.312 e. The molecule has 1 amide bonds. The molecule has 2 heterocycles. The number of thioether (sulfide) groups is 1. The second-order valence-electron chi connectivity index (χ2n) is 5.84. The summed E-state index contributed by atoms with van der Waals surface area (Å²) in [4.78, 5) is 28.8. The molecule has 1 unspecified atom stereocenters. The topological polar surface area (TPSA) is 64.0 Å². The molecule has 0 saturated heterocycles. The van der Waals surface area contributed by atoms with E-state index in [1.165, 1.54) is 17.8 Å². The zero-order valence-corrected chi connectivity index (χ0v) is 14.6. The van der Waals surface area contributed by atoms with Crippen LogP contribution in [0.3, 0.4) is 0 Å². The number of carbonyl (C=O) groups is 1. The van der Waals surface area contributed by atoms with Crippen molar-refractivity contribution in [3.63, 3.8) is 0 Å². The van der Waals surface area contributed by atoms with Gasteiger partial charge in [0.2, 0.25) is 5.91 Å². The highest BCUT2D eigenvalue weighted by atomic mass is 32.2. The van der Waals surface area contributed by atoms with E-state index in [2.05, 4.69) is 10.3 Å². The molecule has 1 atom stereocenters. The standard InChI is InChI=1S/C17H17F2N3O2S/c1-3-6-25-17-21-16(24)14-11(8-13(23)20-15(14)22(17)2)10-5-4-9(18)7-12(10)19/h4-5,7,11H,3,6,8H2,1-2H3,(H,20,23). The predicted octanol–water partition coefficient (Wildman–Crippen LogP) is 3.03. The number of anilines is 1. The fraction of sp³-hybridized carbons (Fsp3) is 0.353. The Morgan fingerprint density at radius 2 is 2.12 bits per heavy atom. The van der Waals surface area contributed by atoms with Gasteiger partial charge in [-0.2, -0.15) is 4.98 Å². The van der Waals surface area contributed by atoms with Crippen LogP contribution in [0.4, 0.5) is 14.6 Å². The lowest BCUT2D eigenvalue weighted by atomic mass is 9.86. The van der Waals surface area contributed by atoms with Crippen molar-refractivity contribution in [2.45, 2.75) is 30.8 Å². The van der Waals surface area contributed by atoms with Crippen LogP contribution >= 0.6 is 11.8 Å². The minimum Gasteiger partial charge on any atom is -0.312 e. The first-order valence-electron chi connectivity index (χ1n) is 7.90. The van der Waals surface area contributed by atoms with E-state index in [0.717, 1.165) is 24.3 Å². The Morgan fingerprint density at radius 3 is 2.80 bits per heavy atom. The average molecular weight is 365 g/mol. The van der Waals surface area contributed by atoms with Gasteiger partial charge in [0.1, 0.15) is 17.5 Å². The van der Waals surface area contributed by atoms with Crippen LogP contribution in [0.25, 0.3) is 0 Å². The smallest absolute Gasteiger partial charge is 0.279 e. The lowest BCUT2D eigenvalue weighted by molar-refractivity contribution is -0.116. The zero-order valence-electron chi connectivity index (χ0n) is 13.8. The summed E-state index contributed by atoms with van der Waals surface area (Å²) in [6, 6.07) is 3.15. The fourth-order valence-corrected chi connectivity index (χ4v) is 3.73. The van der Waals surface area contributed by atoms with Gasteiger partial charge in [0.05, 0.1) is 5.56 Å². The molecule has 3 rings (SSSR count). The first-order chi connectivity index (χ1) is 11.9. The Morgan fingerprint density at radius 1 is 1.36 bits per heavy atom. The Labute approximate surface area is 147 Å². The van der Waals surface area contributed by atoms with Crippen molar-refractivity contribution in [1.29, 1.82) is 0 Å². The van der Waals surface area contributed by atoms with Gasteiger partial charge in [-0.25, -0.2) is 8.78 Å². The summed E-state index contributed by atoms with van der Waals surface area (Å²) in [5.74, 6) is -1.50. The first kappa shape index (κ1) is 17.6. The van der Waals surface area contributed by atoms with Crippen molar-refractivity contribution >= 4 is 23.5 Å². The summed E-state index contributed by atoms with van der Waals surface area (Å²) in [5.41, 5.74) is -0.153. The van der Waals surface area contributed by atoms with Crippen LogP contribution in [0, 0.1) is 11.6 Å². The van der Waals surface area contributed by atoms with Gasteiger partial charge in [-0.15, -0.1) is 0 Å². The first-order valence-corrected chi connectivity index (χ1v) is 8.89. The van der Waals surface area contributed by atoms with Gasteiger partial charge in [-0.3, -0.25) is 9.59 Å². The van der Waals surface area contributed by atoms with Gasteiger partial charge in [0.25, 0.3) is 5.56 Å². The van der Waals surface area contributed by atoms with E-state index in [-0.39, 0.29) is 23.5 Å². The zero-order chi connectivity index (χ0) is 18.1. The third kappa shape index (κ3) is 3.30. The maximum atomic E-state index is 14.2. The number of nitrogens with one attached hydrogen (secondary N) is 1. The molecule has 0 bridgehead atoms. The van der Waals surface area contributed by atoms with Crippen LogP contribution in [0.2, 0.25) is 0 Å². The molecule has 0 aliphatic carbocycles. The molecule has 1 N–H and O–H groups in total. The van der Waals surface area contributed by atoms with E-state index >= 15 is 0 Å². The van der Waals surface area contributed by atoms with Crippen LogP contribution in [-0.2, 0) is 11.8 Å². The Hall–Kier alpha value is -2.22. The van der Waals surface area contributed by atoms with Gasteiger partial charge >= 0.3 is 0 Å². The second-order valence-corrected chi connectivity index (χ2v) is 6.90. The highest BCUT2D eigenvalue weighted by Gasteiger charge is 2.33. The molecule has 0 fully saturated rings. The number of amides is 1. The van der Waals surface area contributed by atoms with E-state index < -0.39 is 23.1 Å². The number of hydrogen-bond acceptors (Lipinski definition) is 4. The van der Waals surface area contributed by atoms with Crippen molar-refractivity contribution in [2.24, 2.45) is 7.05 Å². The van der Waals surface area contributed by atoms with Crippen molar-refractivity contribution in [3.8, 4) is 0 Å².